The molecular weight excluding hydrogens is 494 g/mol. The SMILES string of the molecule is O=C(CSc1nc2ccccc2s1)N/N=C/c1cccc(OCc2ccc(Br)cc2)c1. The summed E-state index contributed by atoms with van der Waals surface area (Å²) in [6.45, 7) is 0.480. The van der Waals surface area contributed by atoms with Gasteiger partial charge in [-0.3, -0.25) is 4.79 Å². The number of nitrogens with zero attached hydrogens (tertiary/aromatic N) is 2. The highest BCUT2D eigenvalue weighted by molar-refractivity contribution is 9.10. The van der Waals surface area contributed by atoms with E-state index in [-0.39, 0.29) is 11.7 Å². The molecule has 1 aromatic heterocycles. The Morgan fingerprint density at radius 1 is 1.13 bits per heavy atom. The summed E-state index contributed by atoms with van der Waals surface area (Å²) in [4.78, 5) is 16.6. The number of halogens is 1. The molecule has 0 radical (unpaired) electrons. The van der Waals surface area contributed by atoms with E-state index in [1.165, 1.54) is 11.8 Å². The van der Waals surface area contributed by atoms with Crippen LogP contribution in [0.15, 0.2) is 86.7 Å². The summed E-state index contributed by atoms with van der Waals surface area (Å²) in [5.74, 6) is 0.820. The molecule has 1 heterocycles. The highest BCUT2D eigenvalue weighted by Gasteiger charge is 2.07. The molecule has 8 heteroatoms. The van der Waals surface area contributed by atoms with E-state index in [0.717, 1.165) is 35.9 Å². The molecule has 4 rings (SSSR count). The largest absolute Gasteiger partial charge is 0.489 e. The summed E-state index contributed by atoms with van der Waals surface area (Å²) in [5.41, 5.74) is 5.44. The van der Waals surface area contributed by atoms with E-state index in [9.17, 15) is 4.79 Å². The van der Waals surface area contributed by atoms with Crippen LogP contribution >= 0.6 is 39.0 Å². The Morgan fingerprint density at radius 2 is 1.97 bits per heavy atom. The molecule has 1 amide bonds. The van der Waals surface area contributed by atoms with Gasteiger partial charge in [0, 0.05) is 4.47 Å². The second-order valence-electron chi connectivity index (χ2n) is 6.52. The number of hydrazone groups is 1. The van der Waals surface area contributed by atoms with E-state index in [1.807, 2.05) is 72.8 Å². The molecule has 0 fully saturated rings. The van der Waals surface area contributed by atoms with Crippen molar-refractivity contribution in [2.24, 2.45) is 5.10 Å². The van der Waals surface area contributed by atoms with Gasteiger partial charge in [0.15, 0.2) is 4.34 Å². The Balaban J connectivity index is 1.25. The molecule has 3 aromatic carbocycles. The minimum Gasteiger partial charge on any atom is -0.489 e. The van der Waals surface area contributed by atoms with Crippen molar-refractivity contribution in [1.82, 2.24) is 10.4 Å². The monoisotopic (exact) mass is 511 g/mol. The van der Waals surface area contributed by atoms with Crippen LogP contribution in [0.1, 0.15) is 11.1 Å². The number of aromatic nitrogens is 1. The van der Waals surface area contributed by atoms with Gasteiger partial charge in [-0.1, -0.05) is 64.1 Å². The normalized spacial score (nSPS) is 11.1. The van der Waals surface area contributed by atoms with Crippen LogP contribution < -0.4 is 10.2 Å². The van der Waals surface area contributed by atoms with E-state index in [1.54, 1.807) is 17.6 Å². The number of hydrogen-bond acceptors (Lipinski definition) is 6. The van der Waals surface area contributed by atoms with Crippen LogP contribution in [-0.4, -0.2) is 22.9 Å². The average molecular weight is 512 g/mol. The third-order valence-electron chi connectivity index (χ3n) is 4.18. The van der Waals surface area contributed by atoms with E-state index >= 15 is 0 Å². The van der Waals surface area contributed by atoms with Gasteiger partial charge >= 0.3 is 0 Å². The molecular formula is C23H18BrN3O2S2. The molecule has 0 atom stereocenters. The van der Waals surface area contributed by atoms with Crippen LogP contribution in [0.3, 0.4) is 0 Å². The second kappa shape index (κ2) is 10.6. The minimum atomic E-state index is -0.178. The highest BCUT2D eigenvalue weighted by atomic mass is 79.9. The van der Waals surface area contributed by atoms with Gasteiger partial charge in [0.1, 0.15) is 12.4 Å². The first kappa shape index (κ1) is 21.5. The molecule has 0 aliphatic rings. The average Bonchev–Trinajstić information content (AvgIpc) is 3.21. The fourth-order valence-electron chi connectivity index (χ4n) is 2.68. The predicted octanol–water partition coefficient (Wildman–Crippen LogP) is 5.88. The molecule has 31 heavy (non-hydrogen) atoms. The van der Waals surface area contributed by atoms with Crippen LogP contribution in [0.25, 0.3) is 10.2 Å². The van der Waals surface area contributed by atoms with E-state index < -0.39 is 0 Å². The van der Waals surface area contributed by atoms with Crippen molar-refractivity contribution < 1.29 is 9.53 Å². The Bertz CT molecular complexity index is 1180. The maximum atomic E-state index is 12.1. The number of carbonyl (C=O) groups excluding carboxylic acids is 1. The molecule has 0 saturated carbocycles. The lowest BCUT2D eigenvalue weighted by Gasteiger charge is -2.07. The lowest BCUT2D eigenvalue weighted by Crippen LogP contribution is -2.19. The van der Waals surface area contributed by atoms with Crippen molar-refractivity contribution in [3.05, 3.63) is 88.4 Å². The number of amides is 1. The maximum Gasteiger partial charge on any atom is 0.250 e. The Morgan fingerprint density at radius 3 is 2.81 bits per heavy atom. The van der Waals surface area contributed by atoms with Crippen LogP contribution in [-0.2, 0) is 11.4 Å². The van der Waals surface area contributed by atoms with Gasteiger partial charge in [-0.2, -0.15) is 5.10 Å². The molecule has 0 aliphatic heterocycles. The number of fused-ring (bicyclic) bond motifs is 1. The number of carbonyl (C=O) groups is 1. The smallest absolute Gasteiger partial charge is 0.250 e. The van der Waals surface area contributed by atoms with Crippen molar-refractivity contribution in [1.29, 1.82) is 0 Å². The molecule has 0 unspecified atom stereocenters. The van der Waals surface area contributed by atoms with Crippen LogP contribution in [0, 0.1) is 0 Å². The number of thioether (sulfide) groups is 1. The molecule has 0 spiro atoms. The molecule has 4 aromatic rings. The van der Waals surface area contributed by atoms with E-state index in [2.05, 4.69) is 31.4 Å². The Kier molecular flexibility index (Phi) is 7.35. The van der Waals surface area contributed by atoms with Crippen molar-refractivity contribution in [3.8, 4) is 5.75 Å². The standard InChI is InChI=1S/C23H18BrN3O2S2/c24-18-10-8-16(9-11-18)14-29-19-5-3-4-17(12-19)13-25-27-22(28)15-30-23-26-20-6-1-2-7-21(20)31-23/h1-13H,14-15H2,(H,27,28)/b25-13+. The summed E-state index contributed by atoms with van der Waals surface area (Å²) < 4.78 is 8.86. The van der Waals surface area contributed by atoms with Crippen LogP contribution in [0.2, 0.25) is 0 Å². The summed E-state index contributed by atoms with van der Waals surface area (Å²) in [5, 5.41) is 4.05. The Labute approximate surface area is 196 Å². The summed E-state index contributed by atoms with van der Waals surface area (Å²) in [6.07, 6.45) is 1.60. The number of ether oxygens (including phenoxy) is 1. The third kappa shape index (κ3) is 6.40. The first-order valence-electron chi connectivity index (χ1n) is 9.43. The number of benzene rings is 3. The summed E-state index contributed by atoms with van der Waals surface area (Å²) in [7, 11) is 0. The van der Waals surface area contributed by atoms with Gasteiger partial charge in [-0.05, 0) is 47.5 Å². The Hall–Kier alpha value is -2.68. The van der Waals surface area contributed by atoms with Gasteiger partial charge in [-0.15, -0.1) is 11.3 Å². The number of rotatable bonds is 8. The van der Waals surface area contributed by atoms with Crippen molar-refractivity contribution in [2.75, 3.05) is 5.75 Å². The van der Waals surface area contributed by atoms with E-state index in [4.69, 9.17) is 4.74 Å². The summed E-state index contributed by atoms with van der Waals surface area (Å²) >= 11 is 6.41. The molecule has 1 N–H and O–H groups in total. The van der Waals surface area contributed by atoms with Crippen LogP contribution in [0.4, 0.5) is 0 Å². The van der Waals surface area contributed by atoms with Crippen molar-refractivity contribution >= 4 is 61.4 Å². The molecule has 5 nitrogen and oxygen atoms in total. The van der Waals surface area contributed by atoms with Gasteiger partial charge in [0.25, 0.3) is 5.91 Å². The lowest BCUT2D eigenvalue weighted by atomic mass is 10.2. The fraction of sp³-hybridized carbons (Fsp3) is 0.0870. The summed E-state index contributed by atoms with van der Waals surface area (Å²) in [6, 6.07) is 23.5. The topological polar surface area (TPSA) is 63.6 Å². The van der Waals surface area contributed by atoms with E-state index in [0.29, 0.717) is 6.61 Å². The quantitative estimate of drug-likeness (QED) is 0.182. The van der Waals surface area contributed by atoms with Crippen molar-refractivity contribution in [3.63, 3.8) is 0 Å². The lowest BCUT2D eigenvalue weighted by molar-refractivity contribution is -0.118. The minimum absolute atomic E-state index is 0.178. The highest BCUT2D eigenvalue weighted by Crippen LogP contribution is 2.29. The van der Waals surface area contributed by atoms with Gasteiger partial charge in [-0.25, -0.2) is 10.4 Å². The number of thiazole rings is 1. The second-order valence-corrected chi connectivity index (χ2v) is 9.69. The van der Waals surface area contributed by atoms with Gasteiger partial charge < -0.3 is 4.74 Å². The number of para-hydroxylation sites is 1. The zero-order chi connectivity index (χ0) is 21.5. The zero-order valence-electron chi connectivity index (χ0n) is 16.3. The molecule has 0 aliphatic carbocycles. The first-order valence-corrected chi connectivity index (χ1v) is 12.0. The zero-order valence-corrected chi connectivity index (χ0v) is 19.5. The maximum absolute atomic E-state index is 12.1. The third-order valence-corrected chi connectivity index (χ3v) is 6.89. The fourth-order valence-corrected chi connectivity index (χ4v) is 4.81. The first-order chi connectivity index (χ1) is 15.2. The molecule has 0 bridgehead atoms. The van der Waals surface area contributed by atoms with Gasteiger partial charge in [0.05, 0.1) is 22.2 Å². The molecule has 156 valence electrons. The van der Waals surface area contributed by atoms with Crippen molar-refractivity contribution in [2.45, 2.75) is 10.9 Å². The van der Waals surface area contributed by atoms with Gasteiger partial charge in [0.2, 0.25) is 0 Å². The number of nitrogens with one attached hydrogen (secondary N) is 1. The molecule has 0 saturated heterocycles. The predicted molar refractivity (Wildman–Crippen MR) is 131 cm³/mol. The van der Waals surface area contributed by atoms with Crippen LogP contribution in [0.5, 0.6) is 5.75 Å². The number of hydrogen-bond donors (Lipinski definition) is 1.